The largest absolute Gasteiger partial charge is 0.332 e. The molecule has 2 aromatic rings. The molecule has 0 heterocycles. The van der Waals surface area contributed by atoms with Crippen LogP contribution in [0.15, 0.2) is 47.4 Å². The summed E-state index contributed by atoms with van der Waals surface area (Å²) in [6, 6.07) is 13.4. The second-order valence-corrected chi connectivity index (χ2v) is 8.32. The van der Waals surface area contributed by atoms with Gasteiger partial charge in [-0.1, -0.05) is 32.0 Å². The third-order valence-electron chi connectivity index (χ3n) is 3.95. The summed E-state index contributed by atoms with van der Waals surface area (Å²) in [6.07, 6.45) is 0. The van der Waals surface area contributed by atoms with E-state index in [4.69, 9.17) is 0 Å². The number of rotatable bonds is 6. The Bertz CT molecular complexity index is 765. The molecule has 26 heavy (non-hydrogen) atoms. The van der Waals surface area contributed by atoms with Gasteiger partial charge in [-0.3, -0.25) is 9.59 Å². The maximum atomic E-state index is 12.5. The van der Waals surface area contributed by atoms with Crippen molar-refractivity contribution in [3.05, 3.63) is 59.2 Å². The number of anilines is 1. The normalized spacial score (nSPS) is 10.7. The maximum absolute atomic E-state index is 12.5. The van der Waals surface area contributed by atoms with Gasteiger partial charge in [0.05, 0.1) is 6.54 Å². The molecule has 0 radical (unpaired) electrons. The van der Waals surface area contributed by atoms with Crippen LogP contribution in [0, 0.1) is 13.8 Å². The highest BCUT2D eigenvalue weighted by molar-refractivity contribution is 7.99. The lowest BCUT2D eigenvalue weighted by Gasteiger charge is -2.18. The predicted molar refractivity (Wildman–Crippen MR) is 109 cm³/mol. The van der Waals surface area contributed by atoms with Crippen molar-refractivity contribution in [2.75, 3.05) is 18.9 Å². The average molecular weight is 371 g/mol. The van der Waals surface area contributed by atoms with Crippen molar-refractivity contribution in [1.29, 1.82) is 0 Å². The predicted octanol–water partition coefficient (Wildman–Crippen LogP) is 4.51. The fraction of sp³-hybridized carbons (Fsp3) is 0.333. The quantitative estimate of drug-likeness (QED) is 0.761. The Morgan fingerprint density at radius 1 is 1.04 bits per heavy atom. The van der Waals surface area contributed by atoms with Crippen molar-refractivity contribution in [3.63, 3.8) is 0 Å². The zero-order valence-corrected chi connectivity index (χ0v) is 16.8. The topological polar surface area (TPSA) is 49.4 Å². The minimum atomic E-state index is -0.203. The number of thioether (sulfide) groups is 1. The van der Waals surface area contributed by atoms with Crippen molar-refractivity contribution in [2.45, 2.75) is 37.8 Å². The molecule has 0 aromatic heterocycles. The van der Waals surface area contributed by atoms with Crippen LogP contribution >= 0.6 is 11.8 Å². The number of hydrogen-bond donors (Lipinski definition) is 1. The van der Waals surface area contributed by atoms with Gasteiger partial charge >= 0.3 is 0 Å². The minimum absolute atomic E-state index is 0.00903. The van der Waals surface area contributed by atoms with Gasteiger partial charge in [0.15, 0.2) is 0 Å². The molecular formula is C21H26N2O2S. The number of aryl methyl sites for hydroxylation is 2. The molecule has 0 spiro atoms. The van der Waals surface area contributed by atoms with Crippen molar-refractivity contribution < 1.29 is 9.59 Å². The van der Waals surface area contributed by atoms with E-state index < -0.39 is 0 Å². The first-order chi connectivity index (χ1) is 12.3. The van der Waals surface area contributed by atoms with Crippen LogP contribution in [0.2, 0.25) is 0 Å². The molecule has 0 aliphatic rings. The van der Waals surface area contributed by atoms with Crippen LogP contribution in [-0.4, -0.2) is 35.6 Å². The molecule has 0 aliphatic heterocycles. The second-order valence-electron chi connectivity index (χ2n) is 6.67. The van der Waals surface area contributed by atoms with Gasteiger partial charge in [0, 0.05) is 28.4 Å². The van der Waals surface area contributed by atoms with Gasteiger partial charge in [-0.2, -0.15) is 0 Å². The van der Waals surface area contributed by atoms with Crippen LogP contribution in [-0.2, 0) is 4.79 Å². The van der Waals surface area contributed by atoms with E-state index in [1.165, 1.54) is 4.90 Å². The van der Waals surface area contributed by atoms with Crippen LogP contribution in [0.1, 0.15) is 35.3 Å². The Kier molecular flexibility index (Phi) is 6.86. The highest BCUT2D eigenvalue weighted by atomic mass is 32.2. The number of carbonyl (C=O) groups is 2. The number of amides is 2. The standard InChI is InChI=1S/C21H26N2O2S/c1-14(2)26-18-11-9-17(10-12-18)21(25)23(5)13-19(24)22-20-15(3)7-6-8-16(20)4/h6-12,14H,13H2,1-5H3,(H,22,24). The van der Waals surface area contributed by atoms with Crippen molar-refractivity contribution >= 4 is 29.3 Å². The highest BCUT2D eigenvalue weighted by Crippen LogP contribution is 2.23. The third kappa shape index (κ3) is 5.36. The molecule has 0 fully saturated rings. The summed E-state index contributed by atoms with van der Waals surface area (Å²) in [5, 5.41) is 3.40. The van der Waals surface area contributed by atoms with Gasteiger partial charge in [0.25, 0.3) is 5.91 Å². The van der Waals surface area contributed by atoms with E-state index in [1.54, 1.807) is 18.8 Å². The number of carbonyl (C=O) groups excluding carboxylic acids is 2. The van der Waals surface area contributed by atoms with Gasteiger partial charge < -0.3 is 10.2 Å². The number of benzene rings is 2. The highest BCUT2D eigenvalue weighted by Gasteiger charge is 2.16. The summed E-state index contributed by atoms with van der Waals surface area (Å²) in [7, 11) is 1.64. The number of para-hydroxylation sites is 1. The Morgan fingerprint density at radius 2 is 1.62 bits per heavy atom. The zero-order valence-electron chi connectivity index (χ0n) is 16.0. The van der Waals surface area contributed by atoms with Gasteiger partial charge in [-0.25, -0.2) is 0 Å². The number of nitrogens with one attached hydrogen (secondary N) is 1. The van der Waals surface area contributed by atoms with Gasteiger partial charge in [0.1, 0.15) is 0 Å². The molecule has 0 aliphatic carbocycles. The Labute approximate surface area is 160 Å². The molecule has 0 saturated carbocycles. The molecule has 2 amide bonds. The van der Waals surface area contributed by atoms with E-state index in [9.17, 15) is 9.59 Å². The first kappa shape index (κ1) is 20.0. The molecule has 0 atom stereocenters. The third-order valence-corrected chi connectivity index (χ3v) is 4.96. The lowest BCUT2D eigenvalue weighted by atomic mass is 10.1. The summed E-state index contributed by atoms with van der Waals surface area (Å²) in [5.41, 5.74) is 3.41. The van der Waals surface area contributed by atoms with E-state index in [-0.39, 0.29) is 18.4 Å². The molecule has 0 unspecified atom stereocenters. The molecule has 138 valence electrons. The Hall–Kier alpha value is -2.27. The van der Waals surface area contributed by atoms with Crippen molar-refractivity contribution in [2.24, 2.45) is 0 Å². The monoisotopic (exact) mass is 370 g/mol. The summed E-state index contributed by atoms with van der Waals surface area (Å²) in [4.78, 5) is 27.4. The van der Waals surface area contributed by atoms with Crippen LogP contribution in [0.25, 0.3) is 0 Å². The number of nitrogens with zero attached hydrogens (tertiary/aromatic N) is 1. The smallest absolute Gasteiger partial charge is 0.254 e. The number of hydrogen-bond acceptors (Lipinski definition) is 3. The average Bonchev–Trinajstić information content (AvgIpc) is 2.58. The first-order valence-corrected chi connectivity index (χ1v) is 9.54. The van der Waals surface area contributed by atoms with Crippen LogP contribution in [0.3, 0.4) is 0 Å². The SMILES string of the molecule is Cc1cccc(C)c1NC(=O)CN(C)C(=O)c1ccc(SC(C)C)cc1. The molecule has 5 heteroatoms. The summed E-state index contributed by atoms with van der Waals surface area (Å²) in [6.45, 7) is 8.18. The van der Waals surface area contributed by atoms with Crippen molar-refractivity contribution in [3.8, 4) is 0 Å². The van der Waals surface area contributed by atoms with Crippen LogP contribution in [0.5, 0.6) is 0 Å². The van der Waals surface area contributed by atoms with E-state index in [2.05, 4.69) is 19.2 Å². The minimum Gasteiger partial charge on any atom is -0.332 e. The van der Waals surface area contributed by atoms with Gasteiger partial charge in [-0.15, -0.1) is 11.8 Å². The molecule has 2 aromatic carbocycles. The van der Waals surface area contributed by atoms with Crippen molar-refractivity contribution in [1.82, 2.24) is 4.90 Å². The van der Waals surface area contributed by atoms with Crippen LogP contribution < -0.4 is 5.32 Å². The molecule has 0 bridgehead atoms. The lowest BCUT2D eigenvalue weighted by Crippen LogP contribution is -2.35. The van der Waals surface area contributed by atoms with E-state index in [1.807, 2.05) is 56.3 Å². The molecule has 0 saturated heterocycles. The summed E-state index contributed by atoms with van der Waals surface area (Å²) in [5.74, 6) is -0.368. The van der Waals surface area contributed by atoms with E-state index in [0.717, 1.165) is 21.7 Å². The second kappa shape index (κ2) is 8.90. The maximum Gasteiger partial charge on any atom is 0.254 e. The fourth-order valence-corrected chi connectivity index (χ4v) is 3.48. The van der Waals surface area contributed by atoms with Gasteiger partial charge in [0.2, 0.25) is 5.91 Å². The van der Waals surface area contributed by atoms with E-state index in [0.29, 0.717) is 10.8 Å². The summed E-state index contributed by atoms with van der Waals surface area (Å²) >= 11 is 1.75. The molecule has 1 N–H and O–H groups in total. The lowest BCUT2D eigenvalue weighted by molar-refractivity contribution is -0.116. The Balaban J connectivity index is 1.99. The Morgan fingerprint density at radius 3 is 2.15 bits per heavy atom. The molecule has 2 rings (SSSR count). The van der Waals surface area contributed by atoms with Gasteiger partial charge in [-0.05, 0) is 49.2 Å². The van der Waals surface area contributed by atoms with E-state index >= 15 is 0 Å². The number of likely N-dealkylation sites (N-methyl/N-ethyl adjacent to an activating group) is 1. The zero-order chi connectivity index (χ0) is 19.3. The fourth-order valence-electron chi connectivity index (χ4n) is 2.65. The van der Waals surface area contributed by atoms with Crippen LogP contribution in [0.4, 0.5) is 5.69 Å². The molecular weight excluding hydrogens is 344 g/mol. The molecule has 4 nitrogen and oxygen atoms in total. The summed E-state index contributed by atoms with van der Waals surface area (Å²) < 4.78 is 0. The first-order valence-electron chi connectivity index (χ1n) is 8.66.